The minimum atomic E-state index is -1.21. The van der Waals surface area contributed by atoms with Gasteiger partial charge < -0.3 is 16.8 Å². The smallest absolute Gasteiger partial charge is 0.250 e. The molecule has 3 amide bonds. The highest BCUT2D eigenvalue weighted by molar-refractivity contribution is 6.05. The third-order valence-corrected chi connectivity index (χ3v) is 4.74. The molecule has 1 aromatic rings. The molecular formula is C17H22N4O3. The maximum absolute atomic E-state index is 13.0. The van der Waals surface area contributed by atoms with Crippen molar-refractivity contribution in [3.05, 3.63) is 35.4 Å². The summed E-state index contributed by atoms with van der Waals surface area (Å²) in [6.07, 6.45) is 2.19. The average molecular weight is 330 g/mol. The van der Waals surface area contributed by atoms with Crippen molar-refractivity contribution in [2.24, 2.45) is 11.5 Å². The van der Waals surface area contributed by atoms with E-state index in [1.807, 2.05) is 24.3 Å². The molecule has 1 aliphatic carbocycles. The van der Waals surface area contributed by atoms with Gasteiger partial charge in [0, 0.05) is 12.8 Å². The van der Waals surface area contributed by atoms with Gasteiger partial charge in [0.15, 0.2) is 0 Å². The molecule has 1 aliphatic heterocycles. The topological polar surface area (TPSA) is 119 Å². The second-order valence-corrected chi connectivity index (χ2v) is 6.62. The van der Waals surface area contributed by atoms with Crippen LogP contribution in [0.1, 0.15) is 24.0 Å². The van der Waals surface area contributed by atoms with Crippen LogP contribution in [0.2, 0.25) is 0 Å². The summed E-state index contributed by atoms with van der Waals surface area (Å²) in [5, 5.41) is 3.05. The third kappa shape index (κ3) is 3.05. The zero-order valence-electron chi connectivity index (χ0n) is 13.5. The van der Waals surface area contributed by atoms with Crippen LogP contribution in [0.25, 0.3) is 0 Å². The number of fused-ring (bicyclic) bond motifs is 1. The zero-order chi connectivity index (χ0) is 17.3. The van der Waals surface area contributed by atoms with Crippen molar-refractivity contribution in [1.82, 2.24) is 10.2 Å². The second-order valence-electron chi connectivity index (χ2n) is 6.62. The first-order valence-corrected chi connectivity index (χ1v) is 8.14. The summed E-state index contributed by atoms with van der Waals surface area (Å²) < 4.78 is 0. The first-order chi connectivity index (χ1) is 11.4. The van der Waals surface area contributed by atoms with Crippen LogP contribution >= 0.6 is 0 Å². The van der Waals surface area contributed by atoms with E-state index >= 15 is 0 Å². The van der Waals surface area contributed by atoms with Crippen LogP contribution in [0.3, 0.4) is 0 Å². The number of imide groups is 1. The molecule has 24 heavy (non-hydrogen) atoms. The molecule has 7 heteroatoms. The number of carbonyl (C=O) groups excluding carboxylic acids is 3. The highest BCUT2D eigenvalue weighted by Crippen LogP contribution is 2.30. The lowest BCUT2D eigenvalue weighted by atomic mass is 9.94. The van der Waals surface area contributed by atoms with Crippen LogP contribution < -0.4 is 16.8 Å². The average Bonchev–Trinajstić information content (AvgIpc) is 3.18. The number of nitrogens with one attached hydrogen (secondary N) is 1. The Labute approximate surface area is 140 Å². The Kier molecular flexibility index (Phi) is 4.38. The van der Waals surface area contributed by atoms with Crippen molar-refractivity contribution in [2.75, 3.05) is 13.1 Å². The van der Waals surface area contributed by atoms with Crippen LogP contribution in [0.4, 0.5) is 0 Å². The molecule has 1 atom stereocenters. The summed E-state index contributed by atoms with van der Waals surface area (Å²) in [6.45, 7) is 0.277. The van der Waals surface area contributed by atoms with E-state index in [1.165, 1.54) is 0 Å². The highest BCUT2D eigenvalue weighted by atomic mass is 16.2. The van der Waals surface area contributed by atoms with Crippen molar-refractivity contribution < 1.29 is 14.4 Å². The Bertz CT molecular complexity index is 657. The normalized spacial score (nSPS) is 21.3. The van der Waals surface area contributed by atoms with E-state index < -0.39 is 35.8 Å². The first-order valence-electron chi connectivity index (χ1n) is 8.14. The highest BCUT2D eigenvalue weighted by Gasteiger charge is 2.45. The lowest BCUT2D eigenvalue weighted by Gasteiger charge is -2.31. The maximum Gasteiger partial charge on any atom is 0.250 e. The number of benzene rings is 1. The van der Waals surface area contributed by atoms with Gasteiger partial charge in [0.2, 0.25) is 17.7 Å². The molecule has 5 N–H and O–H groups in total. The Hall–Kier alpha value is -2.25. The Morgan fingerprint density at radius 2 is 1.83 bits per heavy atom. The van der Waals surface area contributed by atoms with E-state index in [9.17, 15) is 14.4 Å². The van der Waals surface area contributed by atoms with Crippen LogP contribution in [0, 0.1) is 0 Å². The minimum absolute atomic E-state index is 0.350. The van der Waals surface area contributed by atoms with Gasteiger partial charge >= 0.3 is 0 Å². The zero-order valence-corrected chi connectivity index (χ0v) is 13.5. The van der Waals surface area contributed by atoms with Crippen molar-refractivity contribution in [1.29, 1.82) is 0 Å². The van der Waals surface area contributed by atoms with Crippen molar-refractivity contribution in [3.63, 3.8) is 0 Å². The fourth-order valence-corrected chi connectivity index (χ4v) is 3.55. The van der Waals surface area contributed by atoms with Crippen LogP contribution in [0.5, 0.6) is 0 Å². The second kappa shape index (κ2) is 6.33. The predicted molar refractivity (Wildman–Crippen MR) is 87.7 cm³/mol. The standard InChI is InChI=1S/C17H22N4O3/c18-14(22)10-21(15(23)13-6-3-7-20-13)16(24)17(19)8-11-4-1-2-5-12(11)9-17/h1-2,4-5,13,20H,3,6-10,19H2,(H2,18,22)/t13-/m0/s1. The summed E-state index contributed by atoms with van der Waals surface area (Å²) in [6, 6.07) is 7.18. The van der Waals surface area contributed by atoms with Gasteiger partial charge in [-0.2, -0.15) is 0 Å². The number of primary amides is 1. The fraction of sp³-hybridized carbons (Fsp3) is 0.471. The molecule has 3 rings (SSSR count). The molecule has 2 aliphatic rings. The molecule has 0 aromatic heterocycles. The molecule has 1 saturated heterocycles. The number of nitrogens with two attached hydrogens (primary N) is 2. The van der Waals surface area contributed by atoms with Crippen LogP contribution in [0.15, 0.2) is 24.3 Å². The lowest BCUT2D eigenvalue weighted by molar-refractivity contribution is -0.151. The van der Waals surface area contributed by atoms with Crippen molar-refractivity contribution >= 4 is 17.7 Å². The van der Waals surface area contributed by atoms with Crippen LogP contribution in [-0.2, 0) is 27.2 Å². The molecule has 0 saturated carbocycles. The molecule has 1 heterocycles. The van der Waals surface area contributed by atoms with E-state index in [0.29, 0.717) is 25.8 Å². The monoisotopic (exact) mass is 330 g/mol. The Balaban J connectivity index is 1.83. The number of hydrogen-bond acceptors (Lipinski definition) is 5. The minimum Gasteiger partial charge on any atom is -0.368 e. The largest absolute Gasteiger partial charge is 0.368 e. The van der Waals surface area contributed by atoms with Gasteiger partial charge in [-0.05, 0) is 30.5 Å². The third-order valence-electron chi connectivity index (χ3n) is 4.74. The molecule has 1 fully saturated rings. The predicted octanol–water partition coefficient (Wildman–Crippen LogP) is -0.925. The van der Waals surface area contributed by atoms with E-state index in [-0.39, 0.29) is 0 Å². The molecule has 7 nitrogen and oxygen atoms in total. The molecule has 1 aromatic carbocycles. The lowest BCUT2D eigenvalue weighted by Crippen LogP contribution is -2.61. The van der Waals surface area contributed by atoms with Crippen molar-refractivity contribution in [2.45, 2.75) is 37.3 Å². The van der Waals surface area contributed by atoms with Crippen LogP contribution in [-0.4, -0.2) is 47.3 Å². The summed E-state index contributed by atoms with van der Waals surface area (Å²) in [7, 11) is 0. The van der Waals surface area contributed by atoms with Gasteiger partial charge in [-0.15, -0.1) is 0 Å². The molecule has 0 spiro atoms. The van der Waals surface area contributed by atoms with Gasteiger partial charge in [-0.1, -0.05) is 24.3 Å². The molecule has 0 radical (unpaired) electrons. The molecular weight excluding hydrogens is 308 g/mol. The Morgan fingerprint density at radius 1 is 1.21 bits per heavy atom. The van der Waals surface area contributed by atoms with Gasteiger partial charge in [0.05, 0.1) is 6.04 Å². The van der Waals surface area contributed by atoms with E-state index in [1.54, 1.807) is 0 Å². The number of nitrogens with zero attached hydrogens (tertiary/aromatic N) is 1. The van der Waals surface area contributed by atoms with Gasteiger partial charge in [0.1, 0.15) is 12.1 Å². The van der Waals surface area contributed by atoms with Gasteiger partial charge in [-0.25, -0.2) is 0 Å². The van der Waals surface area contributed by atoms with E-state index in [4.69, 9.17) is 11.5 Å². The SMILES string of the molecule is NC(=O)CN(C(=O)[C@@H]1CCCN1)C(=O)C1(N)Cc2ccccc2C1. The fourth-order valence-electron chi connectivity index (χ4n) is 3.55. The van der Waals surface area contributed by atoms with Gasteiger partial charge in [0.25, 0.3) is 0 Å². The van der Waals surface area contributed by atoms with E-state index in [0.717, 1.165) is 22.4 Å². The number of hydrogen-bond donors (Lipinski definition) is 3. The van der Waals surface area contributed by atoms with Gasteiger partial charge in [-0.3, -0.25) is 19.3 Å². The molecule has 128 valence electrons. The summed E-state index contributed by atoms with van der Waals surface area (Å²) in [4.78, 5) is 38.0. The maximum atomic E-state index is 13.0. The molecule has 0 unspecified atom stereocenters. The number of carbonyl (C=O) groups is 3. The van der Waals surface area contributed by atoms with E-state index in [2.05, 4.69) is 5.32 Å². The summed E-state index contributed by atoms with van der Waals surface area (Å²) in [5.74, 6) is -1.68. The summed E-state index contributed by atoms with van der Waals surface area (Å²) in [5.41, 5.74) is 12.4. The Morgan fingerprint density at radius 3 is 2.33 bits per heavy atom. The molecule has 0 bridgehead atoms. The van der Waals surface area contributed by atoms with Crippen molar-refractivity contribution in [3.8, 4) is 0 Å². The number of amides is 3. The first kappa shape index (κ1) is 16.6. The number of rotatable bonds is 4. The quantitative estimate of drug-likeness (QED) is 0.617. The summed E-state index contributed by atoms with van der Waals surface area (Å²) >= 11 is 0.